The highest BCUT2D eigenvalue weighted by Crippen LogP contribution is 2.37. The van der Waals surface area contributed by atoms with Gasteiger partial charge in [0, 0.05) is 29.1 Å². The Morgan fingerprint density at radius 1 is 1.53 bits per heavy atom. The summed E-state index contributed by atoms with van der Waals surface area (Å²) in [6.07, 6.45) is 5.34. The molecule has 1 aromatic carbocycles. The van der Waals surface area contributed by atoms with Gasteiger partial charge in [-0.3, -0.25) is 0 Å². The van der Waals surface area contributed by atoms with Gasteiger partial charge >= 0.3 is 0 Å². The van der Waals surface area contributed by atoms with Crippen LogP contribution in [0, 0.1) is 0 Å². The second-order valence-electron chi connectivity index (χ2n) is 5.38. The summed E-state index contributed by atoms with van der Waals surface area (Å²) in [7, 11) is 2.01. The Kier molecular flexibility index (Phi) is 3.17. The van der Waals surface area contributed by atoms with Gasteiger partial charge in [0.1, 0.15) is 0 Å². The highest BCUT2D eigenvalue weighted by molar-refractivity contribution is 5.88. The number of aromatic nitrogens is 1. The SMILES string of the molecule is CN[C@H]1Cc2c[nH]c3cccc(c23)[C@H]1/C=C(/C)CO. The molecule has 2 aromatic rings. The molecule has 100 valence electrons. The lowest BCUT2D eigenvalue weighted by atomic mass is 9.79. The quantitative estimate of drug-likeness (QED) is 0.738. The standard InChI is InChI=1S/C16H20N2O/c1-10(9-19)6-13-12-4-3-5-14-16(12)11(8-18-14)7-15(13)17-2/h3-6,8,13,15,17-19H,7,9H2,1-2H3/b10-6-/t13-,15+/m1/s1. The largest absolute Gasteiger partial charge is 0.392 e. The minimum Gasteiger partial charge on any atom is -0.392 e. The predicted octanol–water partition coefficient (Wildman–Crippen LogP) is 2.33. The van der Waals surface area contributed by atoms with Crippen molar-refractivity contribution in [2.45, 2.75) is 25.3 Å². The van der Waals surface area contributed by atoms with Crippen molar-refractivity contribution in [1.82, 2.24) is 10.3 Å². The van der Waals surface area contributed by atoms with Crippen LogP contribution in [0.25, 0.3) is 10.9 Å². The lowest BCUT2D eigenvalue weighted by molar-refractivity contribution is 0.330. The molecule has 0 spiro atoms. The molecule has 19 heavy (non-hydrogen) atoms. The second-order valence-corrected chi connectivity index (χ2v) is 5.38. The Bertz CT molecular complexity index is 627. The first-order valence-electron chi connectivity index (χ1n) is 6.79. The fourth-order valence-electron chi connectivity index (χ4n) is 3.15. The number of aromatic amines is 1. The van der Waals surface area contributed by atoms with Crippen molar-refractivity contribution in [2.75, 3.05) is 13.7 Å². The van der Waals surface area contributed by atoms with Gasteiger partial charge in [0.25, 0.3) is 0 Å². The maximum atomic E-state index is 9.28. The average molecular weight is 256 g/mol. The molecule has 3 rings (SSSR count). The van der Waals surface area contributed by atoms with E-state index in [1.54, 1.807) is 0 Å². The monoisotopic (exact) mass is 256 g/mol. The molecule has 0 aliphatic heterocycles. The molecule has 1 aliphatic rings. The summed E-state index contributed by atoms with van der Waals surface area (Å²) in [4.78, 5) is 3.35. The fraction of sp³-hybridized carbons (Fsp3) is 0.375. The van der Waals surface area contributed by atoms with Crippen LogP contribution in [-0.2, 0) is 6.42 Å². The molecule has 1 heterocycles. The Morgan fingerprint density at radius 2 is 2.37 bits per heavy atom. The maximum Gasteiger partial charge on any atom is 0.0639 e. The second kappa shape index (κ2) is 4.83. The number of aliphatic hydroxyl groups excluding tert-OH is 1. The van der Waals surface area contributed by atoms with Gasteiger partial charge in [0.05, 0.1) is 6.61 Å². The Balaban J connectivity index is 2.17. The molecule has 0 amide bonds. The minimum atomic E-state index is 0.128. The van der Waals surface area contributed by atoms with E-state index in [9.17, 15) is 5.11 Å². The summed E-state index contributed by atoms with van der Waals surface area (Å²) in [5, 5.41) is 14.1. The summed E-state index contributed by atoms with van der Waals surface area (Å²) in [5.41, 5.74) is 4.98. The van der Waals surface area contributed by atoms with Crippen LogP contribution in [0.4, 0.5) is 0 Å². The number of hydrogen-bond donors (Lipinski definition) is 3. The molecule has 0 bridgehead atoms. The van der Waals surface area contributed by atoms with E-state index in [0.29, 0.717) is 12.0 Å². The Hall–Kier alpha value is -1.58. The average Bonchev–Trinajstić information content (AvgIpc) is 2.86. The van der Waals surface area contributed by atoms with Gasteiger partial charge in [-0.25, -0.2) is 0 Å². The van der Waals surface area contributed by atoms with Gasteiger partial charge in [0.15, 0.2) is 0 Å². The van der Waals surface area contributed by atoms with E-state index in [4.69, 9.17) is 0 Å². The van der Waals surface area contributed by atoms with Crippen LogP contribution in [0.15, 0.2) is 36.0 Å². The van der Waals surface area contributed by atoms with Gasteiger partial charge in [0.2, 0.25) is 0 Å². The van der Waals surface area contributed by atoms with E-state index < -0.39 is 0 Å². The molecule has 3 nitrogen and oxygen atoms in total. The molecule has 1 aliphatic carbocycles. The van der Waals surface area contributed by atoms with Crippen molar-refractivity contribution >= 4 is 10.9 Å². The molecule has 2 atom stereocenters. The molecular formula is C16H20N2O. The van der Waals surface area contributed by atoms with Crippen molar-refractivity contribution < 1.29 is 5.11 Å². The summed E-state index contributed by atoms with van der Waals surface area (Å²) in [5.74, 6) is 0.323. The predicted molar refractivity (Wildman–Crippen MR) is 78.4 cm³/mol. The molecule has 1 aromatic heterocycles. The molecule has 0 radical (unpaired) electrons. The highest BCUT2D eigenvalue weighted by atomic mass is 16.3. The molecule has 3 heteroatoms. The molecule has 0 saturated carbocycles. The highest BCUT2D eigenvalue weighted by Gasteiger charge is 2.28. The number of H-pyrrole nitrogens is 1. The summed E-state index contributed by atoms with van der Waals surface area (Å²) in [6, 6.07) is 6.82. The molecule has 0 unspecified atom stereocenters. The number of likely N-dealkylation sites (N-methyl/N-ethyl adjacent to an activating group) is 1. The zero-order valence-electron chi connectivity index (χ0n) is 11.4. The third-order valence-corrected chi connectivity index (χ3v) is 4.14. The van der Waals surface area contributed by atoms with Crippen molar-refractivity contribution in [2.24, 2.45) is 0 Å². The van der Waals surface area contributed by atoms with Crippen LogP contribution in [-0.4, -0.2) is 29.8 Å². The molecule has 3 N–H and O–H groups in total. The van der Waals surface area contributed by atoms with Crippen molar-refractivity contribution in [3.05, 3.63) is 47.2 Å². The Morgan fingerprint density at radius 3 is 3.11 bits per heavy atom. The molecule has 0 saturated heterocycles. The van der Waals surface area contributed by atoms with Gasteiger partial charge in [-0.15, -0.1) is 0 Å². The number of hydrogen-bond acceptors (Lipinski definition) is 2. The first-order chi connectivity index (χ1) is 9.24. The maximum absolute atomic E-state index is 9.28. The lowest BCUT2D eigenvalue weighted by Crippen LogP contribution is -2.35. The number of aliphatic hydroxyl groups is 1. The summed E-state index contributed by atoms with van der Waals surface area (Å²) in [6.45, 7) is 2.11. The zero-order chi connectivity index (χ0) is 13.4. The smallest absolute Gasteiger partial charge is 0.0639 e. The van der Waals surface area contributed by atoms with E-state index in [1.165, 1.54) is 22.0 Å². The normalized spacial score (nSPS) is 23.0. The van der Waals surface area contributed by atoms with Crippen LogP contribution in [0.3, 0.4) is 0 Å². The minimum absolute atomic E-state index is 0.128. The van der Waals surface area contributed by atoms with Crippen LogP contribution in [0.5, 0.6) is 0 Å². The van der Waals surface area contributed by atoms with E-state index in [-0.39, 0.29) is 6.61 Å². The van der Waals surface area contributed by atoms with Crippen molar-refractivity contribution in [3.8, 4) is 0 Å². The fourth-order valence-corrected chi connectivity index (χ4v) is 3.15. The first-order valence-corrected chi connectivity index (χ1v) is 6.79. The van der Waals surface area contributed by atoms with Crippen LogP contribution < -0.4 is 5.32 Å². The topological polar surface area (TPSA) is 48.0 Å². The molecular weight excluding hydrogens is 236 g/mol. The molecule has 0 fully saturated rings. The Labute approximate surface area is 113 Å². The van der Waals surface area contributed by atoms with Gasteiger partial charge < -0.3 is 15.4 Å². The van der Waals surface area contributed by atoms with Gasteiger partial charge in [-0.05, 0) is 37.6 Å². The van der Waals surface area contributed by atoms with E-state index in [1.807, 2.05) is 14.0 Å². The lowest BCUT2D eigenvalue weighted by Gasteiger charge is -2.30. The van der Waals surface area contributed by atoms with Gasteiger partial charge in [-0.2, -0.15) is 0 Å². The number of rotatable bonds is 3. The number of benzene rings is 1. The third-order valence-electron chi connectivity index (χ3n) is 4.14. The van der Waals surface area contributed by atoms with Crippen molar-refractivity contribution in [3.63, 3.8) is 0 Å². The summed E-state index contributed by atoms with van der Waals surface area (Å²) < 4.78 is 0. The van der Waals surface area contributed by atoms with Crippen LogP contribution in [0.1, 0.15) is 24.0 Å². The van der Waals surface area contributed by atoms with Crippen LogP contribution >= 0.6 is 0 Å². The van der Waals surface area contributed by atoms with E-state index >= 15 is 0 Å². The van der Waals surface area contributed by atoms with E-state index in [0.717, 1.165) is 12.0 Å². The zero-order valence-corrected chi connectivity index (χ0v) is 11.4. The van der Waals surface area contributed by atoms with E-state index in [2.05, 4.69) is 40.8 Å². The number of nitrogens with one attached hydrogen (secondary N) is 2. The third kappa shape index (κ3) is 1.99. The first kappa shape index (κ1) is 12.5. The summed E-state index contributed by atoms with van der Waals surface area (Å²) >= 11 is 0. The van der Waals surface area contributed by atoms with Gasteiger partial charge in [-0.1, -0.05) is 23.8 Å². The van der Waals surface area contributed by atoms with Crippen LogP contribution in [0.2, 0.25) is 0 Å². The van der Waals surface area contributed by atoms with Crippen molar-refractivity contribution in [1.29, 1.82) is 0 Å².